The predicted molar refractivity (Wildman–Crippen MR) is 99.9 cm³/mol. The van der Waals surface area contributed by atoms with Gasteiger partial charge in [0.25, 0.3) is 0 Å². The molecule has 2 aromatic carbocycles. The van der Waals surface area contributed by atoms with Crippen molar-refractivity contribution in [1.29, 1.82) is 0 Å². The molecule has 0 atom stereocenters. The number of rotatable bonds is 6. The van der Waals surface area contributed by atoms with Gasteiger partial charge in [-0.05, 0) is 61.7 Å². The van der Waals surface area contributed by atoms with Crippen molar-refractivity contribution in [2.24, 2.45) is 0 Å². The number of carbonyl (C=O) groups is 2. The van der Waals surface area contributed by atoms with E-state index in [0.29, 0.717) is 17.9 Å². The number of nitrogens with one attached hydrogen (secondary N) is 1. The fourth-order valence-corrected chi connectivity index (χ4v) is 3.34. The van der Waals surface area contributed by atoms with E-state index >= 15 is 0 Å². The molecule has 1 amide bonds. The van der Waals surface area contributed by atoms with E-state index in [-0.39, 0.29) is 5.91 Å². The smallest absolute Gasteiger partial charge is 0.225 e. The summed E-state index contributed by atoms with van der Waals surface area (Å²) in [6.07, 6.45) is 3.59. The van der Waals surface area contributed by atoms with Crippen LogP contribution in [-0.2, 0) is 4.79 Å². The maximum absolute atomic E-state index is 12.1. The topological polar surface area (TPSA) is 49.4 Å². The molecule has 2 aromatic rings. The maximum atomic E-state index is 12.1. The molecule has 0 unspecified atom stereocenters. The lowest BCUT2D eigenvalue weighted by Gasteiger charge is -2.32. The van der Waals surface area contributed by atoms with Crippen molar-refractivity contribution in [3.63, 3.8) is 0 Å². The van der Waals surface area contributed by atoms with Crippen LogP contribution >= 0.6 is 0 Å². The first-order valence-electron chi connectivity index (χ1n) is 8.87. The first-order chi connectivity index (χ1) is 12.2. The van der Waals surface area contributed by atoms with Gasteiger partial charge in [0.1, 0.15) is 6.29 Å². The van der Waals surface area contributed by atoms with Crippen LogP contribution in [0.5, 0.6) is 0 Å². The van der Waals surface area contributed by atoms with E-state index in [0.717, 1.165) is 44.4 Å². The van der Waals surface area contributed by atoms with Gasteiger partial charge in [-0.1, -0.05) is 30.3 Å². The SMILES string of the molecule is O=Cc1ccc(NC(=O)CCN2CCC(c3ccccc3)CC2)cc1. The van der Waals surface area contributed by atoms with Crippen LogP contribution in [0.2, 0.25) is 0 Å². The minimum absolute atomic E-state index is 0.0176. The van der Waals surface area contributed by atoms with E-state index in [1.165, 1.54) is 5.56 Å². The number of nitrogens with zero attached hydrogens (tertiary/aromatic N) is 1. The van der Waals surface area contributed by atoms with E-state index in [2.05, 4.69) is 40.5 Å². The zero-order valence-corrected chi connectivity index (χ0v) is 14.4. The quantitative estimate of drug-likeness (QED) is 0.818. The molecule has 4 heteroatoms. The first-order valence-corrected chi connectivity index (χ1v) is 8.87. The van der Waals surface area contributed by atoms with Crippen LogP contribution in [0.3, 0.4) is 0 Å². The maximum Gasteiger partial charge on any atom is 0.225 e. The third-order valence-electron chi connectivity index (χ3n) is 4.84. The van der Waals surface area contributed by atoms with Crippen LogP contribution < -0.4 is 5.32 Å². The summed E-state index contributed by atoms with van der Waals surface area (Å²) < 4.78 is 0. The van der Waals surface area contributed by atoms with Gasteiger partial charge in [-0.2, -0.15) is 0 Å². The molecule has 1 aliphatic heterocycles. The van der Waals surface area contributed by atoms with E-state index in [9.17, 15) is 9.59 Å². The highest BCUT2D eigenvalue weighted by Gasteiger charge is 2.20. The average molecular weight is 336 g/mol. The number of hydrogen-bond acceptors (Lipinski definition) is 3. The van der Waals surface area contributed by atoms with Crippen molar-refractivity contribution in [1.82, 2.24) is 4.90 Å². The Hall–Kier alpha value is -2.46. The summed E-state index contributed by atoms with van der Waals surface area (Å²) in [4.78, 5) is 25.1. The number of amides is 1. The molecule has 25 heavy (non-hydrogen) atoms. The molecule has 1 saturated heterocycles. The number of likely N-dealkylation sites (tertiary alicyclic amines) is 1. The van der Waals surface area contributed by atoms with Gasteiger partial charge < -0.3 is 10.2 Å². The largest absolute Gasteiger partial charge is 0.326 e. The third kappa shape index (κ3) is 5.00. The molecule has 0 bridgehead atoms. The molecule has 0 radical (unpaired) electrons. The summed E-state index contributed by atoms with van der Waals surface area (Å²) in [6.45, 7) is 2.88. The minimum Gasteiger partial charge on any atom is -0.326 e. The molecule has 1 heterocycles. The zero-order chi connectivity index (χ0) is 17.5. The number of aldehydes is 1. The summed E-state index contributed by atoms with van der Waals surface area (Å²) in [5.41, 5.74) is 2.77. The van der Waals surface area contributed by atoms with Gasteiger partial charge >= 0.3 is 0 Å². The normalized spacial score (nSPS) is 15.7. The summed E-state index contributed by atoms with van der Waals surface area (Å²) in [5.74, 6) is 0.659. The molecule has 1 N–H and O–H groups in total. The monoisotopic (exact) mass is 336 g/mol. The van der Waals surface area contributed by atoms with Gasteiger partial charge in [0, 0.05) is 24.2 Å². The van der Waals surface area contributed by atoms with E-state index in [1.54, 1.807) is 24.3 Å². The van der Waals surface area contributed by atoms with Crippen molar-refractivity contribution in [3.05, 3.63) is 65.7 Å². The van der Waals surface area contributed by atoms with E-state index in [1.807, 2.05) is 0 Å². The molecule has 3 rings (SSSR count). The Kier molecular flexibility index (Phi) is 5.96. The van der Waals surface area contributed by atoms with E-state index in [4.69, 9.17) is 0 Å². The summed E-state index contributed by atoms with van der Waals surface area (Å²) in [5, 5.41) is 2.89. The Labute approximate surface area is 148 Å². The van der Waals surface area contributed by atoms with Crippen molar-refractivity contribution in [3.8, 4) is 0 Å². The zero-order valence-electron chi connectivity index (χ0n) is 14.4. The highest BCUT2D eigenvalue weighted by Crippen LogP contribution is 2.27. The molecule has 0 aliphatic carbocycles. The van der Waals surface area contributed by atoms with Crippen molar-refractivity contribution >= 4 is 17.9 Å². The Morgan fingerprint density at radius 1 is 1.04 bits per heavy atom. The van der Waals surface area contributed by atoms with E-state index < -0.39 is 0 Å². The Balaban J connectivity index is 1.40. The second-order valence-electron chi connectivity index (χ2n) is 6.56. The molecule has 0 saturated carbocycles. The van der Waals surface area contributed by atoms with Gasteiger partial charge in [0.05, 0.1) is 0 Å². The van der Waals surface area contributed by atoms with Crippen molar-refractivity contribution in [2.75, 3.05) is 25.0 Å². The highest BCUT2D eigenvalue weighted by atomic mass is 16.1. The first kappa shape index (κ1) is 17.4. The molecule has 1 aliphatic rings. The molecule has 4 nitrogen and oxygen atoms in total. The number of anilines is 1. The van der Waals surface area contributed by atoms with Crippen LogP contribution in [0.1, 0.15) is 41.1 Å². The van der Waals surface area contributed by atoms with Crippen LogP contribution in [0.25, 0.3) is 0 Å². The Bertz CT molecular complexity index is 690. The molecule has 0 aromatic heterocycles. The molecule has 1 fully saturated rings. The van der Waals surface area contributed by atoms with Gasteiger partial charge in [-0.3, -0.25) is 9.59 Å². The second-order valence-corrected chi connectivity index (χ2v) is 6.56. The van der Waals surface area contributed by atoms with Gasteiger partial charge in [-0.25, -0.2) is 0 Å². The lowest BCUT2D eigenvalue weighted by molar-refractivity contribution is -0.116. The van der Waals surface area contributed by atoms with Crippen molar-refractivity contribution in [2.45, 2.75) is 25.2 Å². The second kappa shape index (κ2) is 8.58. The summed E-state index contributed by atoms with van der Waals surface area (Å²) in [6, 6.07) is 17.6. The minimum atomic E-state index is 0.0176. The van der Waals surface area contributed by atoms with Crippen LogP contribution in [-0.4, -0.2) is 36.7 Å². The lowest BCUT2D eigenvalue weighted by atomic mass is 9.89. The lowest BCUT2D eigenvalue weighted by Crippen LogP contribution is -2.35. The summed E-state index contributed by atoms with van der Waals surface area (Å²) in [7, 11) is 0. The van der Waals surface area contributed by atoms with Gasteiger partial charge in [0.15, 0.2) is 0 Å². The van der Waals surface area contributed by atoms with Crippen LogP contribution in [0, 0.1) is 0 Å². The van der Waals surface area contributed by atoms with Gasteiger partial charge in [0.2, 0.25) is 5.91 Å². The average Bonchev–Trinajstić information content (AvgIpc) is 2.68. The standard InChI is InChI=1S/C21H24N2O2/c24-16-17-6-8-20(9-7-17)22-21(25)12-15-23-13-10-19(11-14-23)18-4-2-1-3-5-18/h1-9,16,19H,10-15H2,(H,22,25). The van der Waals surface area contributed by atoms with Crippen molar-refractivity contribution < 1.29 is 9.59 Å². The fraction of sp³-hybridized carbons (Fsp3) is 0.333. The number of benzene rings is 2. The predicted octanol–water partition coefficient (Wildman–Crippen LogP) is 3.71. The van der Waals surface area contributed by atoms with Crippen LogP contribution in [0.4, 0.5) is 5.69 Å². The molecular formula is C21H24N2O2. The number of carbonyl (C=O) groups excluding carboxylic acids is 2. The van der Waals surface area contributed by atoms with Crippen LogP contribution in [0.15, 0.2) is 54.6 Å². The molecular weight excluding hydrogens is 312 g/mol. The molecule has 130 valence electrons. The fourth-order valence-electron chi connectivity index (χ4n) is 3.34. The third-order valence-corrected chi connectivity index (χ3v) is 4.84. The Morgan fingerprint density at radius 2 is 1.72 bits per heavy atom. The number of piperidine rings is 1. The number of hydrogen-bond donors (Lipinski definition) is 1. The molecule has 0 spiro atoms. The Morgan fingerprint density at radius 3 is 2.36 bits per heavy atom. The highest BCUT2D eigenvalue weighted by molar-refractivity contribution is 5.91. The van der Waals surface area contributed by atoms with Gasteiger partial charge in [-0.15, -0.1) is 0 Å². The summed E-state index contributed by atoms with van der Waals surface area (Å²) >= 11 is 0.